The molecule has 90 valence electrons. The van der Waals surface area contributed by atoms with Crippen LogP contribution in [0, 0.1) is 6.92 Å². The minimum Gasteiger partial charge on any atom is -0.478 e. The van der Waals surface area contributed by atoms with Crippen molar-refractivity contribution in [2.24, 2.45) is 0 Å². The van der Waals surface area contributed by atoms with Gasteiger partial charge in [0.2, 0.25) is 5.88 Å². The highest BCUT2D eigenvalue weighted by Crippen LogP contribution is 2.12. The fourth-order valence-corrected chi connectivity index (χ4v) is 1.35. The molecular formula is C11H15N5O. The predicted octanol–water partition coefficient (Wildman–Crippen LogP) is 1.34. The number of rotatable bonds is 4. The molecule has 0 unspecified atom stereocenters. The Balaban J connectivity index is 2.31. The molecule has 17 heavy (non-hydrogen) atoms. The Labute approximate surface area is 99.4 Å². The first kappa shape index (κ1) is 11.4. The van der Waals surface area contributed by atoms with E-state index in [4.69, 9.17) is 10.5 Å². The Hall–Kier alpha value is -2.11. The van der Waals surface area contributed by atoms with Gasteiger partial charge in [0.05, 0.1) is 24.7 Å². The maximum Gasteiger partial charge on any atom is 0.254 e. The van der Waals surface area contributed by atoms with E-state index in [0.29, 0.717) is 24.1 Å². The summed E-state index contributed by atoms with van der Waals surface area (Å²) < 4.78 is 7.01. The average molecular weight is 233 g/mol. The number of hydrogen-bond donors (Lipinski definition) is 1. The predicted molar refractivity (Wildman–Crippen MR) is 64.1 cm³/mol. The molecule has 2 aromatic heterocycles. The molecule has 2 heterocycles. The van der Waals surface area contributed by atoms with Gasteiger partial charge in [-0.05, 0) is 13.3 Å². The van der Waals surface area contributed by atoms with Crippen molar-refractivity contribution >= 4 is 5.69 Å². The summed E-state index contributed by atoms with van der Waals surface area (Å²) in [5.41, 5.74) is 7.01. The van der Waals surface area contributed by atoms with Gasteiger partial charge in [0.25, 0.3) is 5.95 Å². The molecule has 2 N–H and O–H groups in total. The molecule has 0 amide bonds. The zero-order valence-electron chi connectivity index (χ0n) is 9.92. The molecule has 0 saturated heterocycles. The number of aromatic nitrogens is 4. The highest BCUT2D eigenvalue weighted by molar-refractivity contribution is 5.34. The van der Waals surface area contributed by atoms with E-state index in [2.05, 4.69) is 15.1 Å². The Bertz CT molecular complexity index is 508. The third-order valence-corrected chi connectivity index (χ3v) is 2.08. The van der Waals surface area contributed by atoms with E-state index in [1.54, 1.807) is 18.5 Å². The van der Waals surface area contributed by atoms with Gasteiger partial charge in [-0.2, -0.15) is 10.1 Å². The van der Waals surface area contributed by atoms with Crippen LogP contribution in [0.15, 0.2) is 18.5 Å². The van der Waals surface area contributed by atoms with Crippen LogP contribution in [0.4, 0.5) is 5.69 Å². The van der Waals surface area contributed by atoms with Gasteiger partial charge in [0.1, 0.15) is 0 Å². The summed E-state index contributed by atoms with van der Waals surface area (Å²) >= 11 is 0. The van der Waals surface area contributed by atoms with Crippen LogP contribution in [0.25, 0.3) is 5.95 Å². The third kappa shape index (κ3) is 2.72. The van der Waals surface area contributed by atoms with Crippen LogP contribution in [-0.2, 0) is 0 Å². The van der Waals surface area contributed by atoms with Crippen molar-refractivity contribution in [3.63, 3.8) is 0 Å². The molecule has 6 nitrogen and oxygen atoms in total. The average Bonchev–Trinajstić information content (AvgIpc) is 2.72. The van der Waals surface area contributed by atoms with Crippen LogP contribution in [0.3, 0.4) is 0 Å². The van der Waals surface area contributed by atoms with Crippen LogP contribution in [-0.4, -0.2) is 26.4 Å². The summed E-state index contributed by atoms with van der Waals surface area (Å²) in [6, 6.07) is 1.80. The van der Waals surface area contributed by atoms with Gasteiger partial charge in [-0.25, -0.2) is 9.67 Å². The molecule has 0 aromatic carbocycles. The second-order valence-electron chi connectivity index (χ2n) is 3.71. The van der Waals surface area contributed by atoms with E-state index in [-0.39, 0.29) is 0 Å². The van der Waals surface area contributed by atoms with Crippen molar-refractivity contribution < 1.29 is 4.74 Å². The van der Waals surface area contributed by atoms with Crippen molar-refractivity contribution in [2.45, 2.75) is 20.3 Å². The number of hydrogen-bond acceptors (Lipinski definition) is 5. The highest BCUT2D eigenvalue weighted by Gasteiger charge is 2.06. The van der Waals surface area contributed by atoms with Crippen LogP contribution in [0.1, 0.15) is 19.0 Å². The molecule has 0 aliphatic carbocycles. The van der Waals surface area contributed by atoms with Gasteiger partial charge in [0, 0.05) is 11.8 Å². The van der Waals surface area contributed by atoms with Crippen molar-refractivity contribution in [3.05, 3.63) is 24.2 Å². The first-order valence-corrected chi connectivity index (χ1v) is 5.48. The number of ether oxygens (including phenoxy) is 1. The molecule has 0 bridgehead atoms. The van der Waals surface area contributed by atoms with E-state index in [1.807, 2.05) is 13.8 Å². The lowest BCUT2D eigenvalue weighted by atomic mass is 10.4. The van der Waals surface area contributed by atoms with Crippen molar-refractivity contribution in [1.82, 2.24) is 19.7 Å². The van der Waals surface area contributed by atoms with E-state index in [1.165, 1.54) is 4.68 Å². The lowest BCUT2D eigenvalue weighted by Gasteiger charge is -2.06. The molecule has 2 rings (SSSR count). The molecule has 6 heteroatoms. The Morgan fingerprint density at radius 1 is 1.41 bits per heavy atom. The monoisotopic (exact) mass is 233 g/mol. The van der Waals surface area contributed by atoms with Crippen LogP contribution >= 0.6 is 0 Å². The first-order valence-electron chi connectivity index (χ1n) is 5.48. The summed E-state index contributed by atoms with van der Waals surface area (Å²) in [4.78, 5) is 8.55. The standard InChI is InChI=1S/C11H15N5O/c1-3-4-17-10-5-8(2)14-11(15-10)16-7-9(12)6-13-16/h5-7H,3-4,12H2,1-2H3. The minimum absolute atomic E-state index is 0.466. The smallest absolute Gasteiger partial charge is 0.254 e. The first-order chi connectivity index (χ1) is 8.19. The molecule has 0 aliphatic rings. The third-order valence-electron chi connectivity index (χ3n) is 2.08. The van der Waals surface area contributed by atoms with Crippen molar-refractivity contribution in [1.29, 1.82) is 0 Å². The van der Waals surface area contributed by atoms with Gasteiger partial charge < -0.3 is 10.5 Å². The topological polar surface area (TPSA) is 78.9 Å². The van der Waals surface area contributed by atoms with Crippen molar-refractivity contribution in [3.8, 4) is 11.8 Å². The molecular weight excluding hydrogens is 218 g/mol. The summed E-state index contributed by atoms with van der Waals surface area (Å²) in [6.07, 6.45) is 4.16. The van der Waals surface area contributed by atoms with E-state index in [0.717, 1.165) is 12.1 Å². The van der Waals surface area contributed by atoms with Gasteiger partial charge in [-0.3, -0.25) is 0 Å². The van der Waals surface area contributed by atoms with Gasteiger partial charge in [-0.15, -0.1) is 0 Å². The molecule has 2 aromatic rings. The molecule has 0 aliphatic heterocycles. The molecule has 0 saturated carbocycles. The summed E-state index contributed by atoms with van der Waals surface area (Å²) in [5.74, 6) is 1.02. The van der Waals surface area contributed by atoms with Gasteiger partial charge in [0.15, 0.2) is 0 Å². The van der Waals surface area contributed by atoms with Crippen LogP contribution < -0.4 is 10.5 Å². The number of nitrogens with two attached hydrogens (primary N) is 1. The summed E-state index contributed by atoms with van der Waals surface area (Å²) in [6.45, 7) is 4.57. The Morgan fingerprint density at radius 3 is 2.88 bits per heavy atom. The Morgan fingerprint density at radius 2 is 2.24 bits per heavy atom. The second-order valence-corrected chi connectivity index (χ2v) is 3.71. The zero-order chi connectivity index (χ0) is 12.3. The fraction of sp³-hybridized carbons (Fsp3) is 0.364. The van der Waals surface area contributed by atoms with E-state index >= 15 is 0 Å². The quantitative estimate of drug-likeness (QED) is 0.862. The zero-order valence-corrected chi connectivity index (χ0v) is 9.92. The molecule has 0 fully saturated rings. The van der Waals surface area contributed by atoms with Gasteiger partial charge >= 0.3 is 0 Å². The van der Waals surface area contributed by atoms with Gasteiger partial charge in [-0.1, -0.05) is 6.92 Å². The number of aryl methyl sites for hydroxylation is 1. The SMILES string of the molecule is CCCOc1cc(C)nc(-n2cc(N)cn2)n1. The maximum absolute atomic E-state index is 5.60. The summed E-state index contributed by atoms with van der Waals surface area (Å²) in [5, 5.41) is 4.06. The van der Waals surface area contributed by atoms with Crippen LogP contribution in [0.5, 0.6) is 5.88 Å². The molecule has 0 spiro atoms. The number of nitrogens with zero attached hydrogens (tertiary/aromatic N) is 4. The number of anilines is 1. The van der Waals surface area contributed by atoms with Crippen LogP contribution in [0.2, 0.25) is 0 Å². The van der Waals surface area contributed by atoms with E-state index in [9.17, 15) is 0 Å². The van der Waals surface area contributed by atoms with Crippen molar-refractivity contribution in [2.75, 3.05) is 12.3 Å². The minimum atomic E-state index is 0.466. The molecule has 0 atom stereocenters. The largest absolute Gasteiger partial charge is 0.478 e. The highest BCUT2D eigenvalue weighted by atomic mass is 16.5. The normalized spacial score (nSPS) is 10.5. The maximum atomic E-state index is 5.60. The fourth-order valence-electron chi connectivity index (χ4n) is 1.35. The molecule has 0 radical (unpaired) electrons. The number of nitrogen functional groups attached to an aromatic ring is 1. The summed E-state index contributed by atoms with van der Waals surface area (Å²) in [7, 11) is 0. The van der Waals surface area contributed by atoms with E-state index < -0.39 is 0 Å². The second kappa shape index (κ2) is 4.82. The lowest BCUT2D eigenvalue weighted by Crippen LogP contribution is -2.06. The lowest BCUT2D eigenvalue weighted by molar-refractivity contribution is 0.304. The Kier molecular flexibility index (Phi) is 3.22.